The van der Waals surface area contributed by atoms with Gasteiger partial charge >= 0.3 is 0 Å². The SMILES string of the molecule is C=C(/C=C\CCC/C(=N/C(=N\N)C1=CC2C=C(c3ccccc3)C=CC2C=C1)c1c[pH]c2oc3ccccc3c12)c1ccccc1. The van der Waals surface area contributed by atoms with Crippen LogP contribution in [-0.2, 0) is 0 Å². The summed E-state index contributed by atoms with van der Waals surface area (Å²) >= 11 is 0. The van der Waals surface area contributed by atoms with Crippen molar-refractivity contribution in [2.75, 3.05) is 0 Å². The van der Waals surface area contributed by atoms with Crippen molar-refractivity contribution in [2.45, 2.75) is 19.3 Å². The molecule has 0 fully saturated rings. The molecule has 4 nitrogen and oxygen atoms in total. The maximum atomic E-state index is 6.25. The summed E-state index contributed by atoms with van der Waals surface area (Å²) in [4.78, 5) is 5.22. The highest BCUT2D eigenvalue weighted by molar-refractivity contribution is 7.36. The fourth-order valence-corrected chi connectivity index (χ4v) is 7.45. The average molecular weight is 618 g/mol. The number of para-hydroxylation sites is 1. The first-order chi connectivity index (χ1) is 22.7. The molecule has 0 radical (unpaired) electrons. The molecule has 0 spiro atoms. The van der Waals surface area contributed by atoms with Crippen LogP contribution in [0.25, 0.3) is 32.8 Å². The molecule has 2 aliphatic rings. The van der Waals surface area contributed by atoms with Gasteiger partial charge in [-0.2, -0.15) is 5.10 Å². The van der Waals surface area contributed by atoms with Crippen LogP contribution in [0.15, 0.2) is 166 Å². The van der Waals surface area contributed by atoms with Crippen LogP contribution in [0, 0.1) is 11.8 Å². The van der Waals surface area contributed by atoms with Gasteiger partial charge in [-0.25, -0.2) is 4.99 Å². The topological polar surface area (TPSA) is 63.9 Å². The lowest BCUT2D eigenvalue weighted by molar-refractivity contribution is 0.660. The summed E-state index contributed by atoms with van der Waals surface area (Å²) in [7, 11) is 0.459. The first-order valence-electron chi connectivity index (χ1n) is 15.8. The van der Waals surface area contributed by atoms with Gasteiger partial charge in [0, 0.05) is 33.7 Å². The maximum absolute atomic E-state index is 6.25. The summed E-state index contributed by atoms with van der Waals surface area (Å²) < 4.78 is 6.25. The number of benzene rings is 3. The Kier molecular flexibility index (Phi) is 8.63. The standard InChI is InChI=1S/C41H36N3OP/c1-28(29-14-6-3-7-15-29)13-5-2-10-19-37(36-27-46-41-39(36)35-18-11-12-20-38(35)45-41)43-40(44-42)33-24-22-31-21-23-32(25-34(31)26-33)30-16-8-4-9-17-30/h3-9,11-18,20-27,31,34,46H,1-2,10,19,42H2/b13-5-,43-37-,44-40-. The van der Waals surface area contributed by atoms with Crippen LogP contribution in [0.3, 0.4) is 0 Å². The van der Waals surface area contributed by atoms with E-state index in [1.54, 1.807) is 0 Å². The van der Waals surface area contributed by atoms with Gasteiger partial charge in [0.15, 0.2) is 11.2 Å². The quantitative estimate of drug-likeness (QED) is 0.0447. The number of hydrogen-bond donors (Lipinski definition) is 1. The summed E-state index contributed by atoms with van der Waals surface area (Å²) in [5.41, 5.74) is 8.55. The van der Waals surface area contributed by atoms with Crippen molar-refractivity contribution in [2.24, 2.45) is 27.8 Å². The second-order valence-electron chi connectivity index (χ2n) is 11.7. The lowest BCUT2D eigenvalue weighted by atomic mass is 9.80. The molecule has 0 bridgehead atoms. The molecule has 2 aromatic heterocycles. The molecule has 0 amide bonds. The van der Waals surface area contributed by atoms with Gasteiger partial charge in [-0.3, -0.25) is 0 Å². The molecule has 3 unspecified atom stereocenters. The minimum atomic E-state index is 0.204. The average Bonchev–Trinajstić information content (AvgIpc) is 3.69. The Labute approximate surface area is 271 Å². The number of furan rings is 1. The van der Waals surface area contributed by atoms with E-state index in [0.717, 1.165) is 68.9 Å². The molecule has 2 N–H and O–H groups in total. The minimum Gasteiger partial charge on any atom is -0.452 e. The first kappa shape index (κ1) is 29.5. The molecule has 5 heteroatoms. The number of nitrogens with zero attached hydrogens (tertiary/aromatic N) is 2. The molecule has 46 heavy (non-hydrogen) atoms. The van der Waals surface area contributed by atoms with E-state index in [1.807, 2.05) is 36.4 Å². The molecular formula is C41H36N3OP. The van der Waals surface area contributed by atoms with Gasteiger partial charge in [0.1, 0.15) is 5.58 Å². The normalized spacial score (nSPS) is 18.4. The van der Waals surface area contributed by atoms with E-state index >= 15 is 0 Å². The zero-order valence-electron chi connectivity index (χ0n) is 25.6. The molecule has 226 valence electrons. The lowest BCUT2D eigenvalue weighted by Crippen LogP contribution is -2.17. The number of aliphatic imine (C=N–C) groups is 1. The monoisotopic (exact) mass is 617 g/mol. The molecule has 0 aliphatic heterocycles. The van der Waals surface area contributed by atoms with Gasteiger partial charge in [-0.15, -0.1) is 0 Å². The van der Waals surface area contributed by atoms with E-state index in [2.05, 4.69) is 115 Å². The highest BCUT2D eigenvalue weighted by atomic mass is 31.0. The number of nitrogens with two attached hydrogens (primary N) is 1. The van der Waals surface area contributed by atoms with Crippen LogP contribution in [0.4, 0.5) is 0 Å². The van der Waals surface area contributed by atoms with Gasteiger partial charge < -0.3 is 10.3 Å². The summed E-state index contributed by atoms with van der Waals surface area (Å²) in [6.45, 7) is 4.24. The number of allylic oxidation sites excluding steroid dienone is 9. The number of hydrazone groups is 1. The van der Waals surface area contributed by atoms with E-state index in [0.29, 0.717) is 19.9 Å². The number of rotatable bonds is 9. The van der Waals surface area contributed by atoms with Crippen LogP contribution in [-0.4, -0.2) is 11.5 Å². The van der Waals surface area contributed by atoms with Gasteiger partial charge in [0.2, 0.25) is 0 Å². The molecule has 2 aliphatic carbocycles. The lowest BCUT2D eigenvalue weighted by Gasteiger charge is -2.25. The van der Waals surface area contributed by atoms with Crippen molar-refractivity contribution in [3.63, 3.8) is 0 Å². The van der Waals surface area contributed by atoms with Gasteiger partial charge in [0.25, 0.3) is 0 Å². The molecule has 0 saturated heterocycles. The third-order valence-electron chi connectivity index (χ3n) is 8.68. The number of amidine groups is 1. The van der Waals surface area contributed by atoms with Crippen LogP contribution < -0.4 is 5.84 Å². The molecule has 2 heterocycles. The molecule has 3 atom stereocenters. The van der Waals surface area contributed by atoms with E-state index in [4.69, 9.17) is 15.3 Å². The maximum Gasteiger partial charge on any atom is 0.178 e. The fourth-order valence-electron chi connectivity index (χ4n) is 6.28. The van der Waals surface area contributed by atoms with Crippen molar-refractivity contribution in [3.05, 3.63) is 168 Å². The molecule has 0 saturated carbocycles. The zero-order chi connectivity index (χ0) is 31.3. The van der Waals surface area contributed by atoms with Gasteiger partial charge in [0.05, 0.1) is 5.71 Å². The van der Waals surface area contributed by atoms with E-state index in [1.165, 1.54) is 11.1 Å². The summed E-state index contributed by atoms with van der Waals surface area (Å²) in [5, 5.41) is 7.53. The molecule has 7 rings (SSSR count). The van der Waals surface area contributed by atoms with E-state index in [-0.39, 0.29) is 5.92 Å². The van der Waals surface area contributed by atoms with E-state index in [9.17, 15) is 0 Å². The Morgan fingerprint density at radius 2 is 1.65 bits per heavy atom. The predicted molar refractivity (Wildman–Crippen MR) is 198 cm³/mol. The third kappa shape index (κ3) is 6.18. The minimum absolute atomic E-state index is 0.204. The van der Waals surface area contributed by atoms with Crippen molar-refractivity contribution in [1.82, 2.24) is 0 Å². The Hall–Kier alpha value is -5.18. The van der Waals surface area contributed by atoms with Crippen molar-refractivity contribution >= 4 is 52.6 Å². The number of unbranched alkanes of at least 4 members (excludes halogenated alkanes) is 1. The van der Waals surface area contributed by atoms with Crippen LogP contribution in [0.1, 0.15) is 36.0 Å². The second-order valence-corrected chi connectivity index (χ2v) is 12.7. The highest BCUT2D eigenvalue weighted by Crippen LogP contribution is 2.39. The zero-order valence-corrected chi connectivity index (χ0v) is 26.6. The van der Waals surface area contributed by atoms with Crippen molar-refractivity contribution in [3.8, 4) is 0 Å². The van der Waals surface area contributed by atoms with Crippen molar-refractivity contribution in [1.29, 1.82) is 0 Å². The summed E-state index contributed by atoms with van der Waals surface area (Å²) in [5.74, 6) is 9.41. The second kappa shape index (κ2) is 13.4. The predicted octanol–water partition coefficient (Wildman–Crippen LogP) is 10.5. The fraction of sp³-hybridized carbons (Fsp3) is 0.122. The van der Waals surface area contributed by atoms with Crippen LogP contribution >= 0.6 is 8.19 Å². The Bertz CT molecular complexity index is 2100. The number of hydrogen-bond acceptors (Lipinski definition) is 3. The Balaban J connectivity index is 1.18. The van der Waals surface area contributed by atoms with Gasteiger partial charge in [-0.1, -0.05) is 142 Å². The molecular weight excluding hydrogens is 581 g/mol. The first-order valence-corrected chi connectivity index (χ1v) is 16.9. The van der Waals surface area contributed by atoms with E-state index < -0.39 is 0 Å². The third-order valence-corrected chi connectivity index (χ3v) is 9.73. The summed E-state index contributed by atoms with van der Waals surface area (Å²) in [6, 6.07) is 29.0. The Morgan fingerprint density at radius 1 is 0.891 bits per heavy atom. The Morgan fingerprint density at radius 3 is 2.48 bits per heavy atom. The molecule has 3 aromatic carbocycles. The largest absolute Gasteiger partial charge is 0.452 e. The summed E-state index contributed by atoms with van der Waals surface area (Å²) in [6.07, 6.45) is 20.4. The smallest absolute Gasteiger partial charge is 0.178 e. The molecule has 5 aromatic rings. The number of fused-ring (bicyclic) bond motifs is 4. The highest BCUT2D eigenvalue weighted by Gasteiger charge is 2.23. The van der Waals surface area contributed by atoms with Gasteiger partial charge in [-0.05, 0) is 53.4 Å². The van der Waals surface area contributed by atoms with Crippen LogP contribution in [0.5, 0.6) is 0 Å². The van der Waals surface area contributed by atoms with Crippen LogP contribution in [0.2, 0.25) is 0 Å². The van der Waals surface area contributed by atoms with Crippen molar-refractivity contribution < 1.29 is 4.42 Å².